The normalized spacial score (nSPS) is 23.3. The largest absolute Gasteiger partial charge is 0.491 e. The zero-order valence-electron chi connectivity index (χ0n) is 16.1. The van der Waals surface area contributed by atoms with E-state index in [0.29, 0.717) is 4.08 Å². The summed E-state index contributed by atoms with van der Waals surface area (Å²) in [6.45, 7) is 7.55. The molecule has 1 aromatic carbocycles. The van der Waals surface area contributed by atoms with Crippen LogP contribution in [0.15, 0.2) is 43.0 Å². The third-order valence-corrected chi connectivity index (χ3v) is 8.71. The van der Waals surface area contributed by atoms with Gasteiger partial charge in [0.1, 0.15) is 5.75 Å². The molecular formula is C21H30N2OS2. The molecule has 0 saturated carbocycles. The molecule has 3 rings (SSSR count). The van der Waals surface area contributed by atoms with Crippen molar-refractivity contribution in [2.75, 3.05) is 11.5 Å². The van der Waals surface area contributed by atoms with Gasteiger partial charge in [-0.05, 0) is 68.2 Å². The Morgan fingerprint density at radius 1 is 1.19 bits per heavy atom. The number of hydrogen-bond donors (Lipinski definition) is 0. The number of thioether (sulfide) groups is 2. The Morgan fingerprint density at radius 2 is 1.92 bits per heavy atom. The molecule has 5 heteroatoms. The van der Waals surface area contributed by atoms with Crippen LogP contribution in [0.3, 0.4) is 0 Å². The Labute approximate surface area is 166 Å². The first kappa shape index (κ1) is 19.7. The van der Waals surface area contributed by atoms with Gasteiger partial charge in [-0.25, -0.2) is 4.98 Å². The van der Waals surface area contributed by atoms with Gasteiger partial charge in [0.25, 0.3) is 0 Å². The van der Waals surface area contributed by atoms with E-state index >= 15 is 0 Å². The first-order chi connectivity index (χ1) is 12.5. The third kappa shape index (κ3) is 5.71. The SMILES string of the molecule is CC1CSC(CCc2ccc(OC(C)C)cc2)(CCn2ccnc2)SC1. The molecule has 0 spiro atoms. The van der Waals surface area contributed by atoms with E-state index in [1.54, 1.807) is 0 Å². The van der Waals surface area contributed by atoms with E-state index < -0.39 is 0 Å². The van der Waals surface area contributed by atoms with E-state index in [1.807, 2.05) is 12.5 Å². The van der Waals surface area contributed by atoms with Gasteiger partial charge in [0, 0.05) is 18.9 Å². The predicted octanol–water partition coefficient (Wildman–Crippen LogP) is 5.51. The maximum atomic E-state index is 5.76. The summed E-state index contributed by atoms with van der Waals surface area (Å²) in [7, 11) is 0. The summed E-state index contributed by atoms with van der Waals surface area (Å²) in [4.78, 5) is 4.18. The minimum Gasteiger partial charge on any atom is -0.491 e. The summed E-state index contributed by atoms with van der Waals surface area (Å²) in [5, 5.41) is 0. The van der Waals surface area contributed by atoms with Crippen LogP contribution in [-0.2, 0) is 13.0 Å². The molecule has 3 nitrogen and oxygen atoms in total. The number of ether oxygens (including phenoxy) is 1. The number of nitrogens with zero attached hydrogens (tertiary/aromatic N) is 2. The summed E-state index contributed by atoms with van der Waals surface area (Å²) in [6.07, 6.45) is 9.64. The van der Waals surface area contributed by atoms with E-state index in [0.717, 1.165) is 24.6 Å². The highest BCUT2D eigenvalue weighted by Gasteiger charge is 2.35. The molecule has 1 aliphatic heterocycles. The molecule has 0 aliphatic carbocycles. The first-order valence-electron chi connectivity index (χ1n) is 9.54. The number of rotatable bonds is 8. The van der Waals surface area contributed by atoms with E-state index in [2.05, 4.69) is 84.3 Å². The molecule has 1 saturated heterocycles. The maximum absolute atomic E-state index is 5.76. The fourth-order valence-corrected chi connectivity index (χ4v) is 6.42. The van der Waals surface area contributed by atoms with Gasteiger partial charge in [-0.3, -0.25) is 0 Å². The van der Waals surface area contributed by atoms with Gasteiger partial charge in [0.2, 0.25) is 0 Å². The van der Waals surface area contributed by atoms with Crippen LogP contribution in [0.25, 0.3) is 0 Å². The summed E-state index contributed by atoms with van der Waals surface area (Å²) >= 11 is 4.35. The molecule has 2 heterocycles. The summed E-state index contributed by atoms with van der Waals surface area (Å²) < 4.78 is 8.29. The number of hydrogen-bond acceptors (Lipinski definition) is 4. The standard InChI is InChI=1S/C21H30N2OS2/c1-17(2)24-20-6-4-19(5-7-20)8-9-21(25-14-18(3)15-26-21)10-12-23-13-11-22-16-23/h4-7,11,13,16-18H,8-10,12,14-15H2,1-3H3. The molecule has 0 N–H and O–H groups in total. The molecule has 26 heavy (non-hydrogen) atoms. The van der Waals surface area contributed by atoms with Crippen molar-refractivity contribution in [2.24, 2.45) is 5.92 Å². The zero-order chi connectivity index (χ0) is 18.4. The summed E-state index contributed by atoms with van der Waals surface area (Å²) in [5.41, 5.74) is 1.41. The molecule has 1 fully saturated rings. The second-order valence-electron chi connectivity index (χ2n) is 7.50. The van der Waals surface area contributed by atoms with E-state index in [-0.39, 0.29) is 6.10 Å². The summed E-state index contributed by atoms with van der Waals surface area (Å²) in [6, 6.07) is 8.66. The molecule has 142 valence electrons. The topological polar surface area (TPSA) is 27.1 Å². The van der Waals surface area contributed by atoms with Crippen molar-refractivity contribution in [3.63, 3.8) is 0 Å². The average molecular weight is 391 g/mol. The minimum absolute atomic E-state index is 0.226. The van der Waals surface area contributed by atoms with Crippen molar-refractivity contribution >= 4 is 23.5 Å². The lowest BCUT2D eigenvalue weighted by Gasteiger charge is -2.38. The highest BCUT2D eigenvalue weighted by atomic mass is 32.2. The number of benzene rings is 1. The fraction of sp³-hybridized carbons (Fsp3) is 0.571. The van der Waals surface area contributed by atoms with Crippen molar-refractivity contribution in [1.82, 2.24) is 9.55 Å². The quantitative estimate of drug-likeness (QED) is 0.594. The Hall–Kier alpha value is -1.07. The third-order valence-electron chi connectivity index (χ3n) is 4.66. The van der Waals surface area contributed by atoms with Crippen LogP contribution in [0.2, 0.25) is 0 Å². The highest BCUT2D eigenvalue weighted by Crippen LogP contribution is 2.49. The van der Waals surface area contributed by atoms with Gasteiger partial charge in [-0.2, -0.15) is 0 Å². The number of aryl methyl sites for hydroxylation is 2. The minimum atomic E-state index is 0.226. The van der Waals surface area contributed by atoms with Crippen LogP contribution in [0.5, 0.6) is 5.75 Å². The van der Waals surface area contributed by atoms with Crippen LogP contribution in [-0.4, -0.2) is 31.2 Å². The molecule has 1 aromatic heterocycles. The van der Waals surface area contributed by atoms with Crippen LogP contribution >= 0.6 is 23.5 Å². The van der Waals surface area contributed by atoms with Crippen LogP contribution in [0.4, 0.5) is 0 Å². The Kier molecular flexibility index (Phi) is 6.98. The zero-order valence-corrected chi connectivity index (χ0v) is 17.7. The molecule has 0 amide bonds. The molecule has 0 bridgehead atoms. The van der Waals surface area contributed by atoms with Gasteiger partial charge in [-0.1, -0.05) is 19.1 Å². The van der Waals surface area contributed by atoms with Gasteiger partial charge >= 0.3 is 0 Å². The second-order valence-corrected chi connectivity index (χ2v) is 10.6. The van der Waals surface area contributed by atoms with Gasteiger partial charge in [0.05, 0.1) is 16.5 Å². The van der Waals surface area contributed by atoms with Gasteiger partial charge in [-0.15, -0.1) is 23.5 Å². The van der Waals surface area contributed by atoms with E-state index in [1.165, 1.54) is 29.9 Å². The maximum Gasteiger partial charge on any atom is 0.119 e. The Bertz CT molecular complexity index is 647. The first-order valence-corrected chi connectivity index (χ1v) is 11.5. The lowest BCUT2D eigenvalue weighted by Crippen LogP contribution is -2.30. The van der Waals surface area contributed by atoms with Crippen molar-refractivity contribution in [3.05, 3.63) is 48.5 Å². The van der Waals surface area contributed by atoms with Gasteiger partial charge in [0.15, 0.2) is 0 Å². The van der Waals surface area contributed by atoms with Crippen molar-refractivity contribution in [3.8, 4) is 5.75 Å². The lowest BCUT2D eigenvalue weighted by molar-refractivity contribution is 0.242. The number of aromatic nitrogens is 2. The van der Waals surface area contributed by atoms with Crippen molar-refractivity contribution in [1.29, 1.82) is 0 Å². The summed E-state index contributed by atoms with van der Waals surface area (Å²) in [5.74, 6) is 4.34. The van der Waals surface area contributed by atoms with E-state index in [4.69, 9.17) is 4.74 Å². The van der Waals surface area contributed by atoms with Crippen molar-refractivity contribution < 1.29 is 4.74 Å². The molecule has 2 aromatic rings. The molecular weight excluding hydrogens is 360 g/mol. The molecule has 0 unspecified atom stereocenters. The predicted molar refractivity (Wildman–Crippen MR) is 114 cm³/mol. The van der Waals surface area contributed by atoms with Crippen LogP contribution in [0, 0.1) is 5.92 Å². The smallest absolute Gasteiger partial charge is 0.119 e. The Balaban J connectivity index is 1.60. The Morgan fingerprint density at radius 3 is 2.54 bits per heavy atom. The average Bonchev–Trinajstić information content (AvgIpc) is 3.15. The monoisotopic (exact) mass is 390 g/mol. The number of imidazole rings is 1. The fourth-order valence-electron chi connectivity index (χ4n) is 3.15. The van der Waals surface area contributed by atoms with Crippen molar-refractivity contribution in [2.45, 2.75) is 56.8 Å². The molecule has 1 aliphatic rings. The second kappa shape index (κ2) is 9.23. The van der Waals surface area contributed by atoms with E-state index in [9.17, 15) is 0 Å². The highest BCUT2D eigenvalue weighted by molar-refractivity contribution is 8.18. The van der Waals surface area contributed by atoms with Gasteiger partial charge < -0.3 is 9.30 Å². The van der Waals surface area contributed by atoms with Crippen LogP contribution in [0.1, 0.15) is 39.2 Å². The van der Waals surface area contributed by atoms with Crippen LogP contribution < -0.4 is 4.74 Å². The lowest BCUT2D eigenvalue weighted by atomic mass is 10.1. The molecule has 0 radical (unpaired) electrons. The molecule has 0 atom stereocenters.